The van der Waals surface area contributed by atoms with Crippen LogP contribution in [0.25, 0.3) is 0 Å². The van der Waals surface area contributed by atoms with Crippen LogP contribution in [0.1, 0.15) is 50.2 Å². The highest BCUT2D eigenvalue weighted by Crippen LogP contribution is 2.24. The smallest absolute Gasteiger partial charge is 0.263 e. The molecule has 0 spiro atoms. The molecule has 108 valence electrons. The molecule has 0 aliphatic heterocycles. The van der Waals surface area contributed by atoms with Crippen LogP contribution in [0.5, 0.6) is 0 Å². The largest absolute Gasteiger partial charge is 0.338 e. The lowest BCUT2D eigenvalue weighted by Crippen LogP contribution is -2.33. The van der Waals surface area contributed by atoms with Crippen molar-refractivity contribution in [3.63, 3.8) is 0 Å². The fraction of sp³-hybridized carbons (Fsp3) is 0.667. The van der Waals surface area contributed by atoms with Gasteiger partial charge in [0.1, 0.15) is 0 Å². The lowest BCUT2D eigenvalue weighted by molar-refractivity contribution is 0.0745. The van der Waals surface area contributed by atoms with Crippen LogP contribution in [0, 0.1) is 11.8 Å². The first-order chi connectivity index (χ1) is 8.90. The predicted molar refractivity (Wildman–Crippen MR) is 86.8 cm³/mol. The molecule has 1 aromatic heterocycles. The second-order valence-electron chi connectivity index (χ2n) is 5.76. The Balaban J connectivity index is 2.68. The van der Waals surface area contributed by atoms with Crippen LogP contribution < -0.4 is 0 Å². The van der Waals surface area contributed by atoms with Gasteiger partial charge in [0, 0.05) is 13.1 Å². The van der Waals surface area contributed by atoms with Crippen molar-refractivity contribution in [2.75, 3.05) is 13.1 Å². The monoisotopic (exact) mass is 345 g/mol. The van der Waals surface area contributed by atoms with Crippen molar-refractivity contribution < 1.29 is 4.79 Å². The van der Waals surface area contributed by atoms with E-state index in [1.165, 1.54) is 11.3 Å². The van der Waals surface area contributed by atoms with Gasteiger partial charge in [-0.15, -0.1) is 11.3 Å². The highest BCUT2D eigenvalue weighted by Gasteiger charge is 2.17. The number of thiophene rings is 1. The van der Waals surface area contributed by atoms with Crippen molar-refractivity contribution in [3.05, 3.63) is 20.8 Å². The number of carbonyl (C=O) groups is 1. The SMILES string of the molecule is CC(C)CCN(CCC(C)C)C(=O)c1ccc(Br)s1. The van der Waals surface area contributed by atoms with Crippen LogP contribution in [0.3, 0.4) is 0 Å². The minimum atomic E-state index is 0.178. The first-order valence-electron chi connectivity index (χ1n) is 6.94. The van der Waals surface area contributed by atoms with E-state index in [0.29, 0.717) is 11.8 Å². The number of hydrogen-bond donors (Lipinski definition) is 0. The summed E-state index contributed by atoms with van der Waals surface area (Å²) in [7, 11) is 0. The van der Waals surface area contributed by atoms with Crippen molar-refractivity contribution >= 4 is 33.2 Å². The Kier molecular flexibility index (Phi) is 7.08. The Morgan fingerprint density at radius 2 is 1.68 bits per heavy atom. The fourth-order valence-electron chi connectivity index (χ4n) is 1.73. The van der Waals surface area contributed by atoms with Gasteiger partial charge in [-0.1, -0.05) is 27.7 Å². The van der Waals surface area contributed by atoms with Crippen molar-refractivity contribution in [2.45, 2.75) is 40.5 Å². The van der Waals surface area contributed by atoms with Crippen LogP contribution in [0.15, 0.2) is 15.9 Å². The van der Waals surface area contributed by atoms with Gasteiger partial charge >= 0.3 is 0 Å². The van der Waals surface area contributed by atoms with Crippen LogP contribution in [-0.2, 0) is 0 Å². The number of amides is 1. The van der Waals surface area contributed by atoms with Gasteiger partial charge in [0.25, 0.3) is 5.91 Å². The molecule has 19 heavy (non-hydrogen) atoms. The maximum absolute atomic E-state index is 12.5. The molecule has 0 saturated carbocycles. The summed E-state index contributed by atoms with van der Waals surface area (Å²) in [5.41, 5.74) is 0. The third kappa shape index (κ3) is 6.09. The standard InChI is InChI=1S/C15H24BrNOS/c1-11(2)7-9-17(10-8-12(3)4)15(18)13-5-6-14(16)19-13/h5-6,11-12H,7-10H2,1-4H3. The Hall–Kier alpha value is -0.350. The molecule has 4 heteroatoms. The van der Waals surface area contributed by atoms with E-state index in [0.717, 1.165) is 34.6 Å². The van der Waals surface area contributed by atoms with Crippen LogP contribution >= 0.6 is 27.3 Å². The Bertz CT molecular complexity index is 389. The average Bonchev–Trinajstić information content (AvgIpc) is 2.74. The van der Waals surface area contributed by atoms with Gasteiger partial charge in [-0.2, -0.15) is 0 Å². The van der Waals surface area contributed by atoms with Crippen LogP contribution in [-0.4, -0.2) is 23.9 Å². The molecule has 0 N–H and O–H groups in total. The number of hydrogen-bond acceptors (Lipinski definition) is 2. The van der Waals surface area contributed by atoms with Crippen molar-refractivity contribution in [2.24, 2.45) is 11.8 Å². The quantitative estimate of drug-likeness (QED) is 0.677. The zero-order valence-electron chi connectivity index (χ0n) is 12.3. The summed E-state index contributed by atoms with van der Waals surface area (Å²) in [6, 6.07) is 3.86. The van der Waals surface area contributed by atoms with E-state index in [1.54, 1.807) is 0 Å². The van der Waals surface area contributed by atoms with Gasteiger partial charge in [0.05, 0.1) is 8.66 Å². The maximum atomic E-state index is 12.5. The molecule has 0 bridgehead atoms. The minimum absolute atomic E-state index is 0.178. The Morgan fingerprint density at radius 3 is 2.05 bits per heavy atom. The number of nitrogens with zero attached hydrogens (tertiary/aromatic N) is 1. The van der Waals surface area contributed by atoms with E-state index in [-0.39, 0.29) is 5.91 Å². The number of rotatable bonds is 7. The molecule has 1 aromatic rings. The summed E-state index contributed by atoms with van der Waals surface area (Å²) in [6.07, 6.45) is 2.13. The molecule has 0 unspecified atom stereocenters. The number of halogens is 1. The van der Waals surface area contributed by atoms with Gasteiger partial charge < -0.3 is 4.90 Å². The van der Waals surface area contributed by atoms with Crippen molar-refractivity contribution in [1.82, 2.24) is 4.90 Å². The molecule has 1 amide bonds. The zero-order chi connectivity index (χ0) is 14.4. The second kappa shape index (κ2) is 8.05. The molecule has 0 aliphatic rings. The van der Waals surface area contributed by atoms with Crippen LogP contribution in [0.2, 0.25) is 0 Å². The Labute approximate surface area is 129 Å². The molecule has 0 aromatic carbocycles. The molecular weight excluding hydrogens is 322 g/mol. The molecule has 0 atom stereocenters. The molecule has 0 saturated heterocycles. The van der Waals surface area contributed by atoms with Gasteiger partial charge in [0.2, 0.25) is 0 Å². The first kappa shape index (κ1) is 16.7. The van der Waals surface area contributed by atoms with E-state index in [4.69, 9.17) is 0 Å². The summed E-state index contributed by atoms with van der Waals surface area (Å²) < 4.78 is 1.02. The third-order valence-electron chi connectivity index (χ3n) is 3.02. The summed E-state index contributed by atoms with van der Waals surface area (Å²) >= 11 is 4.94. The summed E-state index contributed by atoms with van der Waals surface area (Å²) in [6.45, 7) is 10.5. The Morgan fingerprint density at radius 1 is 1.16 bits per heavy atom. The van der Waals surface area contributed by atoms with E-state index >= 15 is 0 Å². The molecule has 1 rings (SSSR count). The van der Waals surface area contributed by atoms with Crippen molar-refractivity contribution in [1.29, 1.82) is 0 Å². The minimum Gasteiger partial charge on any atom is -0.338 e. The predicted octanol–water partition coefficient (Wildman–Crippen LogP) is 5.05. The lowest BCUT2D eigenvalue weighted by atomic mass is 10.1. The molecule has 2 nitrogen and oxygen atoms in total. The van der Waals surface area contributed by atoms with Gasteiger partial charge in [-0.25, -0.2) is 0 Å². The normalized spacial score (nSPS) is 11.3. The highest BCUT2D eigenvalue weighted by molar-refractivity contribution is 9.11. The van der Waals surface area contributed by atoms with E-state index in [1.807, 2.05) is 17.0 Å². The summed E-state index contributed by atoms with van der Waals surface area (Å²) in [5, 5.41) is 0. The maximum Gasteiger partial charge on any atom is 0.263 e. The second-order valence-corrected chi connectivity index (χ2v) is 8.22. The van der Waals surface area contributed by atoms with Gasteiger partial charge in [-0.05, 0) is 52.7 Å². The van der Waals surface area contributed by atoms with Gasteiger partial charge in [-0.3, -0.25) is 4.79 Å². The summed E-state index contributed by atoms with van der Waals surface area (Å²) in [5.74, 6) is 1.44. The fourth-order valence-corrected chi connectivity index (χ4v) is 3.08. The highest BCUT2D eigenvalue weighted by atomic mass is 79.9. The molecular formula is C15H24BrNOS. The summed E-state index contributed by atoms with van der Waals surface area (Å²) in [4.78, 5) is 15.3. The average molecular weight is 346 g/mol. The van der Waals surface area contributed by atoms with E-state index < -0.39 is 0 Å². The molecule has 0 aliphatic carbocycles. The molecule has 1 heterocycles. The van der Waals surface area contributed by atoms with Crippen LogP contribution in [0.4, 0.5) is 0 Å². The van der Waals surface area contributed by atoms with Crippen molar-refractivity contribution in [3.8, 4) is 0 Å². The number of carbonyl (C=O) groups excluding carboxylic acids is 1. The van der Waals surface area contributed by atoms with E-state index in [9.17, 15) is 4.79 Å². The molecule has 0 fully saturated rings. The van der Waals surface area contributed by atoms with Gasteiger partial charge in [0.15, 0.2) is 0 Å². The first-order valence-corrected chi connectivity index (χ1v) is 8.55. The third-order valence-corrected chi connectivity index (χ3v) is 4.64. The lowest BCUT2D eigenvalue weighted by Gasteiger charge is -2.24. The topological polar surface area (TPSA) is 20.3 Å². The molecule has 0 radical (unpaired) electrons. The van der Waals surface area contributed by atoms with E-state index in [2.05, 4.69) is 43.6 Å². The zero-order valence-corrected chi connectivity index (χ0v) is 14.7.